The molecule has 2 N–H and O–H groups in total. The summed E-state index contributed by atoms with van der Waals surface area (Å²) in [7, 11) is 0. The molecular weight excluding hydrogens is 639 g/mol. The number of amides is 2. The van der Waals surface area contributed by atoms with Crippen LogP contribution in [-0.4, -0.2) is 28.1 Å². The Morgan fingerprint density at radius 2 is 1.49 bits per heavy atom. The van der Waals surface area contributed by atoms with Gasteiger partial charge in [0.1, 0.15) is 4.33 Å². The minimum atomic E-state index is -4.28. The molecular formula is C26H18Cl5F3N2O2S. The lowest BCUT2D eigenvalue weighted by Crippen LogP contribution is -2.16. The van der Waals surface area contributed by atoms with Gasteiger partial charge in [0.15, 0.2) is 0 Å². The molecule has 39 heavy (non-hydrogen) atoms. The average molecular weight is 657 g/mol. The lowest BCUT2D eigenvalue weighted by Gasteiger charge is -2.11. The van der Waals surface area contributed by atoms with E-state index < -0.39 is 22.2 Å². The smallest absolute Gasteiger partial charge is 0.326 e. The molecule has 1 saturated carbocycles. The topological polar surface area (TPSA) is 58.2 Å². The van der Waals surface area contributed by atoms with Crippen LogP contribution in [-0.2, 0) is 4.79 Å². The van der Waals surface area contributed by atoms with Crippen LogP contribution in [0.15, 0.2) is 65.6 Å². The fourth-order valence-corrected chi connectivity index (χ4v) is 6.28. The molecule has 0 heterocycles. The Morgan fingerprint density at radius 1 is 0.872 bits per heavy atom. The number of hydrogen-bond donors (Lipinski definition) is 2. The summed E-state index contributed by atoms with van der Waals surface area (Å²) in [5.74, 6) is -2.68. The number of benzene rings is 3. The van der Waals surface area contributed by atoms with Crippen LogP contribution in [0.4, 0.5) is 24.5 Å². The van der Waals surface area contributed by atoms with Gasteiger partial charge in [0.05, 0.1) is 16.3 Å². The molecule has 2 unspecified atom stereocenters. The van der Waals surface area contributed by atoms with Crippen molar-refractivity contribution >= 4 is 93.0 Å². The normalized spacial score (nSPS) is 17.9. The van der Waals surface area contributed by atoms with Gasteiger partial charge in [0.2, 0.25) is 5.91 Å². The first-order valence-corrected chi connectivity index (χ1v) is 14.1. The number of alkyl halides is 5. The summed E-state index contributed by atoms with van der Waals surface area (Å²) in [6.07, 6.45) is -4.28. The van der Waals surface area contributed by atoms with E-state index in [1.165, 1.54) is 36.4 Å². The molecule has 2 atom stereocenters. The van der Waals surface area contributed by atoms with E-state index in [1.54, 1.807) is 24.3 Å². The van der Waals surface area contributed by atoms with Crippen molar-refractivity contribution in [1.29, 1.82) is 0 Å². The Bertz CT molecular complexity index is 1380. The van der Waals surface area contributed by atoms with Crippen LogP contribution in [0, 0.1) is 5.92 Å². The van der Waals surface area contributed by atoms with Gasteiger partial charge < -0.3 is 10.6 Å². The predicted molar refractivity (Wildman–Crippen MR) is 153 cm³/mol. The van der Waals surface area contributed by atoms with E-state index in [1.807, 2.05) is 0 Å². The molecule has 4 rings (SSSR count). The van der Waals surface area contributed by atoms with Crippen molar-refractivity contribution in [2.75, 3.05) is 16.4 Å². The van der Waals surface area contributed by atoms with Gasteiger partial charge in [0, 0.05) is 44.6 Å². The van der Waals surface area contributed by atoms with Gasteiger partial charge in [-0.3, -0.25) is 9.59 Å². The largest absolute Gasteiger partial charge is 0.398 e. The summed E-state index contributed by atoms with van der Waals surface area (Å²) < 4.78 is 36.0. The number of halogens is 8. The molecule has 206 valence electrons. The van der Waals surface area contributed by atoms with Gasteiger partial charge >= 0.3 is 6.18 Å². The first-order valence-electron chi connectivity index (χ1n) is 11.3. The van der Waals surface area contributed by atoms with Gasteiger partial charge in [-0.05, 0) is 66.2 Å². The van der Waals surface area contributed by atoms with Crippen LogP contribution in [0.25, 0.3) is 0 Å². The van der Waals surface area contributed by atoms with Crippen LogP contribution >= 0.6 is 69.8 Å². The molecule has 0 aromatic heterocycles. The molecule has 0 saturated heterocycles. The maximum absolute atomic E-state index is 12.8. The zero-order valence-electron chi connectivity index (χ0n) is 19.6. The highest BCUT2D eigenvalue weighted by Gasteiger charge is 2.64. The summed E-state index contributed by atoms with van der Waals surface area (Å²) >= 11 is 31.9. The van der Waals surface area contributed by atoms with E-state index in [-0.39, 0.29) is 34.7 Å². The Kier molecular flexibility index (Phi) is 9.25. The highest BCUT2D eigenvalue weighted by molar-refractivity contribution is 7.99. The van der Waals surface area contributed by atoms with Crippen LogP contribution in [0.2, 0.25) is 15.1 Å². The average Bonchev–Trinajstić information content (AvgIpc) is 3.37. The molecule has 0 bridgehead atoms. The van der Waals surface area contributed by atoms with Gasteiger partial charge in [-0.2, -0.15) is 13.2 Å². The fraction of sp³-hybridized carbons (Fsp3) is 0.231. The van der Waals surface area contributed by atoms with Crippen molar-refractivity contribution in [2.45, 2.75) is 27.7 Å². The summed E-state index contributed by atoms with van der Waals surface area (Å²) in [6.45, 7) is 0. The van der Waals surface area contributed by atoms with E-state index in [0.29, 0.717) is 38.1 Å². The van der Waals surface area contributed by atoms with E-state index in [4.69, 9.17) is 58.0 Å². The fourth-order valence-electron chi connectivity index (χ4n) is 4.04. The zero-order valence-corrected chi connectivity index (χ0v) is 24.2. The van der Waals surface area contributed by atoms with Crippen LogP contribution in [0.5, 0.6) is 0 Å². The number of nitrogens with one attached hydrogen (secondary N) is 2. The third-order valence-electron chi connectivity index (χ3n) is 5.86. The first-order chi connectivity index (χ1) is 18.2. The maximum atomic E-state index is 12.8. The van der Waals surface area contributed by atoms with E-state index in [9.17, 15) is 22.8 Å². The maximum Gasteiger partial charge on any atom is 0.398 e. The minimum absolute atomic E-state index is 0.00462. The second-order valence-corrected chi connectivity index (χ2v) is 12.6. The summed E-state index contributed by atoms with van der Waals surface area (Å²) in [5.41, 5.74) is 1.51. The zero-order chi connectivity index (χ0) is 28.5. The Labute approximate surface area is 251 Å². The SMILES string of the molecule is O=C(CC1C(c2cc(Cl)cc(Cl)c2)C1(Cl)Cl)Nc1ccc(Cl)c(C(=O)Nc2ccc(SCC(F)(F)F)cc2)c1. The lowest BCUT2D eigenvalue weighted by molar-refractivity contribution is -0.116. The summed E-state index contributed by atoms with van der Waals surface area (Å²) in [6, 6.07) is 15.3. The standard InChI is InChI=1S/C26H18Cl5F3N2O2S/c27-14-7-13(8-15(28)9-14)23-20(26(23,30)31)11-22(37)35-17-3-6-21(29)19(10-17)24(38)36-16-1-4-18(5-2-16)39-12-25(32,33)34/h1-10,20,23H,11-12H2,(H,35,37)(H,36,38). The highest BCUT2D eigenvalue weighted by Crippen LogP contribution is 2.66. The van der Waals surface area contributed by atoms with Gasteiger partial charge in [0.25, 0.3) is 5.91 Å². The molecule has 4 nitrogen and oxygen atoms in total. The van der Waals surface area contributed by atoms with Crippen molar-refractivity contribution in [1.82, 2.24) is 0 Å². The second kappa shape index (κ2) is 12.0. The highest BCUT2D eigenvalue weighted by atomic mass is 35.5. The molecule has 1 fully saturated rings. The molecule has 3 aromatic carbocycles. The second-order valence-electron chi connectivity index (χ2n) is 8.79. The predicted octanol–water partition coefficient (Wildman–Crippen LogP) is 9.47. The van der Waals surface area contributed by atoms with Gasteiger partial charge in [-0.15, -0.1) is 35.0 Å². The van der Waals surface area contributed by atoms with Crippen molar-refractivity contribution in [3.8, 4) is 0 Å². The third-order valence-corrected chi connectivity index (χ3v) is 8.73. The molecule has 3 aromatic rings. The van der Waals surface area contributed by atoms with Crippen molar-refractivity contribution in [3.05, 3.63) is 86.9 Å². The number of anilines is 2. The van der Waals surface area contributed by atoms with E-state index >= 15 is 0 Å². The van der Waals surface area contributed by atoms with Crippen LogP contribution in [0.3, 0.4) is 0 Å². The van der Waals surface area contributed by atoms with Crippen molar-refractivity contribution in [3.63, 3.8) is 0 Å². The van der Waals surface area contributed by atoms with Gasteiger partial charge in [-0.1, -0.05) is 34.8 Å². The number of carbonyl (C=O) groups is 2. The Balaban J connectivity index is 1.38. The molecule has 0 aliphatic heterocycles. The summed E-state index contributed by atoms with van der Waals surface area (Å²) in [5, 5.41) is 6.37. The van der Waals surface area contributed by atoms with E-state index in [2.05, 4.69) is 10.6 Å². The summed E-state index contributed by atoms with van der Waals surface area (Å²) in [4.78, 5) is 26.0. The van der Waals surface area contributed by atoms with E-state index in [0.717, 1.165) is 5.56 Å². The molecule has 1 aliphatic rings. The van der Waals surface area contributed by atoms with Gasteiger partial charge in [-0.25, -0.2) is 0 Å². The van der Waals surface area contributed by atoms with Crippen LogP contribution in [0.1, 0.15) is 28.3 Å². The molecule has 0 radical (unpaired) electrons. The third kappa shape index (κ3) is 7.90. The Hall–Kier alpha value is -1.81. The van der Waals surface area contributed by atoms with Crippen molar-refractivity contribution < 1.29 is 22.8 Å². The molecule has 1 aliphatic carbocycles. The Morgan fingerprint density at radius 3 is 2.10 bits per heavy atom. The minimum Gasteiger partial charge on any atom is -0.326 e. The molecule has 2 amide bonds. The quantitative estimate of drug-likeness (QED) is 0.188. The lowest BCUT2D eigenvalue weighted by atomic mass is 10.1. The van der Waals surface area contributed by atoms with Crippen LogP contribution < -0.4 is 10.6 Å². The molecule has 13 heteroatoms. The first kappa shape index (κ1) is 30.2. The number of thioether (sulfide) groups is 1. The van der Waals surface area contributed by atoms with Crippen molar-refractivity contribution in [2.24, 2.45) is 5.92 Å². The molecule has 0 spiro atoms. The number of carbonyl (C=O) groups excluding carboxylic acids is 2. The number of hydrogen-bond acceptors (Lipinski definition) is 3. The number of rotatable bonds is 8. The monoisotopic (exact) mass is 654 g/mol.